The molecule has 0 radical (unpaired) electrons. The first-order valence-electron chi connectivity index (χ1n) is 5.57. The maximum Gasteiger partial charge on any atom is 0.0576 e. The largest absolute Gasteiger partial charge is 0.393 e. The van der Waals surface area contributed by atoms with Crippen LogP contribution in [0.15, 0.2) is 0 Å². The van der Waals surface area contributed by atoms with Crippen LogP contribution in [0.5, 0.6) is 0 Å². The maximum atomic E-state index is 9.97. The maximum absolute atomic E-state index is 9.97. The predicted octanol–water partition coefficient (Wildman–Crippen LogP) is 2.83. The van der Waals surface area contributed by atoms with Gasteiger partial charge >= 0.3 is 0 Å². The Kier molecular flexibility index (Phi) is 1.83. The third kappa shape index (κ3) is 0.971. The van der Waals surface area contributed by atoms with Crippen LogP contribution in [-0.4, -0.2) is 11.2 Å². The summed E-state index contributed by atoms with van der Waals surface area (Å²) in [5.41, 5.74) is 0.760. The van der Waals surface area contributed by atoms with Crippen molar-refractivity contribution in [3.8, 4) is 0 Å². The Labute approximate surface area is 81.5 Å². The highest BCUT2D eigenvalue weighted by molar-refractivity contribution is 5.12. The zero-order valence-corrected chi connectivity index (χ0v) is 9.30. The molecule has 0 bridgehead atoms. The van der Waals surface area contributed by atoms with Crippen LogP contribution in [0.4, 0.5) is 0 Å². The summed E-state index contributed by atoms with van der Waals surface area (Å²) in [6, 6.07) is 0. The van der Waals surface area contributed by atoms with Crippen molar-refractivity contribution in [2.45, 2.75) is 53.1 Å². The van der Waals surface area contributed by atoms with Gasteiger partial charge in [0.05, 0.1) is 6.10 Å². The van der Waals surface area contributed by atoms with Crippen molar-refractivity contribution < 1.29 is 5.11 Å². The van der Waals surface area contributed by atoms with Gasteiger partial charge in [-0.25, -0.2) is 0 Å². The Bertz CT molecular complexity index is 217. The SMILES string of the molecule is CC1(C)[C@@H]2[C@H](O)CCC[C@@H]2C1(C)C. The normalized spacial score (nSPS) is 46.4. The van der Waals surface area contributed by atoms with Crippen molar-refractivity contribution >= 4 is 0 Å². The number of aliphatic hydroxyl groups excluding tert-OH is 1. The lowest BCUT2D eigenvalue weighted by Crippen LogP contribution is -2.64. The molecule has 2 rings (SSSR count). The van der Waals surface area contributed by atoms with Crippen LogP contribution in [0, 0.1) is 22.7 Å². The number of rotatable bonds is 0. The van der Waals surface area contributed by atoms with E-state index in [1.807, 2.05) is 0 Å². The van der Waals surface area contributed by atoms with Gasteiger partial charge in [-0.05, 0) is 35.5 Å². The molecule has 0 aromatic carbocycles. The highest BCUT2D eigenvalue weighted by Gasteiger charge is 2.63. The first-order valence-corrected chi connectivity index (χ1v) is 5.57. The van der Waals surface area contributed by atoms with Gasteiger partial charge in [-0.2, -0.15) is 0 Å². The lowest BCUT2D eigenvalue weighted by molar-refractivity contribution is -0.226. The lowest BCUT2D eigenvalue weighted by atomic mass is 9.37. The average molecular weight is 182 g/mol. The quantitative estimate of drug-likeness (QED) is 0.611. The van der Waals surface area contributed by atoms with Gasteiger partial charge in [-0.1, -0.05) is 34.1 Å². The summed E-state index contributed by atoms with van der Waals surface area (Å²) in [5, 5.41) is 9.97. The third-order valence-corrected chi connectivity index (χ3v) is 5.28. The molecule has 3 atom stereocenters. The lowest BCUT2D eigenvalue weighted by Gasteiger charge is -2.68. The Hall–Kier alpha value is -0.0400. The van der Waals surface area contributed by atoms with E-state index in [0.29, 0.717) is 16.7 Å². The highest BCUT2D eigenvalue weighted by atomic mass is 16.3. The van der Waals surface area contributed by atoms with E-state index >= 15 is 0 Å². The number of aliphatic hydroxyl groups is 1. The summed E-state index contributed by atoms with van der Waals surface area (Å²) in [6.07, 6.45) is 3.56. The van der Waals surface area contributed by atoms with E-state index in [1.165, 1.54) is 12.8 Å². The minimum atomic E-state index is -0.0261. The number of hydrogen-bond donors (Lipinski definition) is 1. The average Bonchev–Trinajstić information content (AvgIpc) is 2.03. The molecule has 1 N–H and O–H groups in total. The highest BCUT2D eigenvalue weighted by Crippen LogP contribution is 2.68. The van der Waals surface area contributed by atoms with E-state index in [1.54, 1.807) is 0 Å². The molecule has 13 heavy (non-hydrogen) atoms. The van der Waals surface area contributed by atoms with Crippen LogP contribution < -0.4 is 0 Å². The minimum Gasteiger partial charge on any atom is -0.393 e. The molecule has 0 aliphatic heterocycles. The van der Waals surface area contributed by atoms with E-state index < -0.39 is 0 Å². The fourth-order valence-corrected chi connectivity index (χ4v) is 3.78. The van der Waals surface area contributed by atoms with Crippen molar-refractivity contribution in [3.63, 3.8) is 0 Å². The van der Waals surface area contributed by atoms with Crippen LogP contribution >= 0.6 is 0 Å². The molecule has 0 aromatic heterocycles. The molecule has 2 fully saturated rings. The fourth-order valence-electron chi connectivity index (χ4n) is 3.78. The Morgan fingerprint density at radius 1 is 1.00 bits per heavy atom. The summed E-state index contributed by atoms with van der Waals surface area (Å²) in [5.74, 6) is 1.34. The van der Waals surface area contributed by atoms with Gasteiger partial charge in [0, 0.05) is 0 Å². The van der Waals surface area contributed by atoms with E-state index in [-0.39, 0.29) is 6.10 Å². The minimum absolute atomic E-state index is 0.0261. The standard InChI is InChI=1S/C12H22O/c1-11(2)8-6-5-7-9(13)10(8)12(11,3)4/h8-10,13H,5-7H2,1-4H3/t8-,9+,10-/m0/s1. The Morgan fingerprint density at radius 2 is 1.62 bits per heavy atom. The molecule has 0 saturated heterocycles. The molecular formula is C12H22O. The monoisotopic (exact) mass is 182 g/mol. The van der Waals surface area contributed by atoms with Gasteiger partial charge in [0.25, 0.3) is 0 Å². The van der Waals surface area contributed by atoms with Gasteiger partial charge in [0.1, 0.15) is 0 Å². The summed E-state index contributed by atoms with van der Waals surface area (Å²) in [6.45, 7) is 9.38. The van der Waals surface area contributed by atoms with Crippen molar-refractivity contribution in [1.82, 2.24) is 0 Å². The molecule has 0 spiro atoms. The van der Waals surface area contributed by atoms with Crippen LogP contribution in [-0.2, 0) is 0 Å². The smallest absolute Gasteiger partial charge is 0.0576 e. The molecule has 0 aromatic rings. The predicted molar refractivity (Wildman–Crippen MR) is 54.4 cm³/mol. The zero-order chi connectivity index (χ0) is 9.85. The molecular weight excluding hydrogens is 160 g/mol. The fraction of sp³-hybridized carbons (Fsp3) is 1.00. The molecule has 2 aliphatic rings. The topological polar surface area (TPSA) is 20.2 Å². The van der Waals surface area contributed by atoms with Crippen LogP contribution in [0.2, 0.25) is 0 Å². The van der Waals surface area contributed by atoms with Crippen LogP contribution in [0.1, 0.15) is 47.0 Å². The van der Waals surface area contributed by atoms with Crippen molar-refractivity contribution in [2.24, 2.45) is 22.7 Å². The Balaban J connectivity index is 2.25. The summed E-state index contributed by atoms with van der Waals surface area (Å²) in [4.78, 5) is 0. The second-order valence-corrected chi connectivity index (χ2v) is 6.07. The molecule has 76 valence electrons. The second-order valence-electron chi connectivity index (χ2n) is 6.07. The molecule has 1 nitrogen and oxygen atoms in total. The number of hydrogen-bond acceptors (Lipinski definition) is 1. The van der Waals surface area contributed by atoms with Crippen molar-refractivity contribution in [3.05, 3.63) is 0 Å². The molecule has 1 heteroatoms. The summed E-state index contributed by atoms with van der Waals surface area (Å²) in [7, 11) is 0. The van der Waals surface area contributed by atoms with E-state index in [2.05, 4.69) is 27.7 Å². The van der Waals surface area contributed by atoms with E-state index in [4.69, 9.17) is 0 Å². The van der Waals surface area contributed by atoms with Crippen molar-refractivity contribution in [1.29, 1.82) is 0 Å². The molecule has 0 amide bonds. The number of fused-ring (bicyclic) bond motifs is 1. The van der Waals surface area contributed by atoms with Crippen molar-refractivity contribution in [2.75, 3.05) is 0 Å². The van der Waals surface area contributed by atoms with Crippen LogP contribution in [0.25, 0.3) is 0 Å². The van der Waals surface area contributed by atoms with Gasteiger partial charge < -0.3 is 5.11 Å². The molecule has 2 aliphatic carbocycles. The third-order valence-electron chi connectivity index (χ3n) is 5.28. The van der Waals surface area contributed by atoms with E-state index in [9.17, 15) is 5.11 Å². The second kappa shape index (κ2) is 2.50. The van der Waals surface area contributed by atoms with Crippen LogP contribution in [0.3, 0.4) is 0 Å². The summed E-state index contributed by atoms with van der Waals surface area (Å²) < 4.78 is 0. The first kappa shape index (κ1) is 9.51. The van der Waals surface area contributed by atoms with E-state index in [0.717, 1.165) is 12.3 Å². The molecule has 2 saturated carbocycles. The molecule has 0 heterocycles. The van der Waals surface area contributed by atoms with Gasteiger partial charge in [-0.3, -0.25) is 0 Å². The zero-order valence-electron chi connectivity index (χ0n) is 9.30. The molecule has 0 unspecified atom stereocenters. The Morgan fingerprint density at radius 3 is 2.15 bits per heavy atom. The van der Waals surface area contributed by atoms with Gasteiger partial charge in [-0.15, -0.1) is 0 Å². The van der Waals surface area contributed by atoms with Gasteiger partial charge in [0.15, 0.2) is 0 Å². The summed E-state index contributed by atoms with van der Waals surface area (Å²) >= 11 is 0. The first-order chi connectivity index (χ1) is 5.89. The van der Waals surface area contributed by atoms with Gasteiger partial charge in [0.2, 0.25) is 0 Å².